The molecule has 6 nitrogen and oxygen atoms in total. The Morgan fingerprint density at radius 2 is 1.53 bits per heavy atom. The summed E-state index contributed by atoms with van der Waals surface area (Å²) in [5.74, 6) is -1.96. The highest BCUT2D eigenvalue weighted by Gasteiger charge is 2.30. The second-order valence-electron chi connectivity index (χ2n) is 6.18. The van der Waals surface area contributed by atoms with E-state index in [1.165, 1.54) is 0 Å². The lowest BCUT2D eigenvalue weighted by Crippen LogP contribution is -2.34. The molecule has 0 bridgehead atoms. The number of benzene rings is 1. The molecular weight excluding hydrogens is 422 g/mol. The molecule has 0 unspecified atom stereocenters. The highest BCUT2D eigenvalue weighted by atomic mass is 19.4. The van der Waals surface area contributed by atoms with Crippen molar-refractivity contribution in [2.45, 2.75) is 38.5 Å². The van der Waals surface area contributed by atoms with E-state index in [0.29, 0.717) is 12.8 Å². The van der Waals surface area contributed by atoms with Crippen molar-refractivity contribution in [2.24, 2.45) is 0 Å². The number of hydrogen-bond acceptors (Lipinski definition) is 4. The van der Waals surface area contributed by atoms with Gasteiger partial charge in [-0.05, 0) is 24.6 Å². The van der Waals surface area contributed by atoms with Gasteiger partial charge in [0.2, 0.25) is 5.91 Å². The Kier molecular flexibility index (Phi) is 9.73. The summed E-state index contributed by atoms with van der Waals surface area (Å²) in [7, 11) is 0. The fourth-order valence-electron chi connectivity index (χ4n) is 2.13. The predicted octanol–water partition coefficient (Wildman–Crippen LogP) is 3.61. The van der Waals surface area contributed by atoms with Gasteiger partial charge in [-0.3, -0.25) is 9.59 Å². The Morgan fingerprint density at radius 3 is 2.13 bits per heavy atom. The van der Waals surface area contributed by atoms with Gasteiger partial charge in [0.1, 0.15) is 11.5 Å². The van der Waals surface area contributed by atoms with Crippen LogP contribution in [0.4, 0.5) is 26.3 Å². The van der Waals surface area contributed by atoms with Crippen LogP contribution in [0.15, 0.2) is 18.2 Å². The molecule has 0 aromatic heterocycles. The van der Waals surface area contributed by atoms with Crippen LogP contribution in [0.1, 0.15) is 36.5 Å². The maximum absolute atomic E-state index is 12.4. The molecule has 2 amide bonds. The van der Waals surface area contributed by atoms with Crippen LogP contribution in [0, 0.1) is 0 Å². The van der Waals surface area contributed by atoms with E-state index in [1.54, 1.807) is 0 Å². The average molecular weight is 444 g/mol. The number of unbranched alkanes of at least 4 members (excludes halogenated alkanes) is 1. The predicted molar refractivity (Wildman–Crippen MR) is 94.4 cm³/mol. The van der Waals surface area contributed by atoms with Crippen molar-refractivity contribution in [1.82, 2.24) is 10.6 Å². The third-order valence-corrected chi connectivity index (χ3v) is 3.48. The largest absolute Gasteiger partial charge is 0.484 e. The van der Waals surface area contributed by atoms with Gasteiger partial charge in [-0.25, -0.2) is 0 Å². The van der Waals surface area contributed by atoms with Crippen molar-refractivity contribution in [3.63, 3.8) is 0 Å². The van der Waals surface area contributed by atoms with E-state index in [0.717, 1.165) is 24.6 Å². The molecule has 2 N–H and O–H groups in total. The zero-order chi connectivity index (χ0) is 22.8. The fraction of sp³-hybridized carbons (Fsp3) is 0.556. The van der Waals surface area contributed by atoms with E-state index in [4.69, 9.17) is 0 Å². The second kappa shape index (κ2) is 11.5. The molecule has 1 aromatic rings. The number of carbonyl (C=O) groups is 2. The number of hydrogen-bond donors (Lipinski definition) is 2. The first-order valence-corrected chi connectivity index (χ1v) is 8.99. The van der Waals surface area contributed by atoms with Crippen LogP contribution in [0.2, 0.25) is 0 Å². The van der Waals surface area contributed by atoms with E-state index in [2.05, 4.69) is 20.1 Å². The number of nitrogens with one attached hydrogen (secondary N) is 2. The van der Waals surface area contributed by atoms with E-state index >= 15 is 0 Å². The van der Waals surface area contributed by atoms with E-state index in [-0.39, 0.29) is 24.7 Å². The van der Waals surface area contributed by atoms with Crippen LogP contribution in [0.3, 0.4) is 0 Å². The molecule has 30 heavy (non-hydrogen) atoms. The molecule has 12 heteroatoms. The van der Waals surface area contributed by atoms with Gasteiger partial charge in [0, 0.05) is 19.5 Å². The Balaban J connectivity index is 2.79. The topological polar surface area (TPSA) is 76.7 Å². The molecule has 0 heterocycles. The lowest BCUT2D eigenvalue weighted by Gasteiger charge is -2.15. The minimum atomic E-state index is -4.68. The second-order valence-corrected chi connectivity index (χ2v) is 6.18. The SMILES string of the molecule is CCCCC(=O)NCCNC(=O)c1cc(OCC(F)(F)F)ccc1OCC(F)(F)F. The molecule has 0 saturated carbocycles. The van der Waals surface area contributed by atoms with Gasteiger partial charge < -0.3 is 20.1 Å². The zero-order valence-electron chi connectivity index (χ0n) is 16.1. The molecule has 0 atom stereocenters. The van der Waals surface area contributed by atoms with Gasteiger partial charge in [-0.15, -0.1) is 0 Å². The summed E-state index contributed by atoms with van der Waals surface area (Å²) < 4.78 is 83.2. The van der Waals surface area contributed by atoms with Crippen molar-refractivity contribution in [3.05, 3.63) is 23.8 Å². The fourth-order valence-corrected chi connectivity index (χ4v) is 2.13. The maximum atomic E-state index is 12.4. The third-order valence-electron chi connectivity index (χ3n) is 3.48. The number of rotatable bonds is 11. The molecule has 0 saturated heterocycles. The summed E-state index contributed by atoms with van der Waals surface area (Å²) in [5.41, 5.74) is -0.434. The van der Waals surface area contributed by atoms with Crippen molar-refractivity contribution in [3.8, 4) is 11.5 Å². The normalized spacial score (nSPS) is 11.7. The van der Waals surface area contributed by atoms with Gasteiger partial charge in [-0.2, -0.15) is 26.3 Å². The lowest BCUT2D eigenvalue weighted by atomic mass is 10.1. The summed E-state index contributed by atoms with van der Waals surface area (Å²) in [4.78, 5) is 23.8. The summed E-state index contributed by atoms with van der Waals surface area (Å²) >= 11 is 0. The summed E-state index contributed by atoms with van der Waals surface area (Å²) in [6.45, 7) is -1.40. The van der Waals surface area contributed by atoms with Crippen molar-refractivity contribution in [2.75, 3.05) is 26.3 Å². The molecule has 0 aliphatic carbocycles. The monoisotopic (exact) mass is 444 g/mol. The Labute approximate surface area is 168 Å². The number of ether oxygens (including phenoxy) is 2. The first kappa shape index (κ1) is 25.4. The lowest BCUT2D eigenvalue weighted by molar-refractivity contribution is -0.154. The van der Waals surface area contributed by atoms with Crippen molar-refractivity contribution >= 4 is 11.8 Å². The third kappa shape index (κ3) is 10.8. The van der Waals surface area contributed by atoms with Crippen molar-refractivity contribution < 1.29 is 45.4 Å². The molecule has 1 rings (SSSR count). The highest BCUT2D eigenvalue weighted by Crippen LogP contribution is 2.27. The number of alkyl halides is 6. The van der Waals surface area contributed by atoms with Gasteiger partial charge in [0.05, 0.1) is 5.56 Å². The minimum absolute atomic E-state index is 0.0525. The molecule has 1 aromatic carbocycles. The van der Waals surface area contributed by atoms with Crippen LogP contribution in [-0.2, 0) is 4.79 Å². The highest BCUT2D eigenvalue weighted by molar-refractivity contribution is 5.97. The molecule has 0 aliphatic heterocycles. The molecule has 0 fully saturated rings. The van der Waals surface area contributed by atoms with E-state index < -0.39 is 42.8 Å². The standard InChI is InChI=1S/C18H22F6N2O4/c1-2-3-4-15(27)25-7-8-26-16(28)13-9-12(29-10-17(19,20)21)5-6-14(13)30-11-18(22,23)24/h5-6,9H,2-4,7-8,10-11H2,1H3,(H,25,27)(H,26,28). The zero-order valence-corrected chi connectivity index (χ0v) is 16.1. The molecule has 0 aliphatic rings. The number of amides is 2. The van der Waals surface area contributed by atoms with Gasteiger partial charge in [0.15, 0.2) is 13.2 Å². The van der Waals surface area contributed by atoms with Crippen LogP contribution in [0.25, 0.3) is 0 Å². The smallest absolute Gasteiger partial charge is 0.422 e. The van der Waals surface area contributed by atoms with Gasteiger partial charge in [0.25, 0.3) is 5.91 Å². The quantitative estimate of drug-likeness (QED) is 0.404. The summed E-state index contributed by atoms with van der Waals surface area (Å²) in [6.07, 6.45) is -7.47. The number of halogens is 6. The maximum Gasteiger partial charge on any atom is 0.422 e. The Hall–Kier alpha value is -2.66. The van der Waals surface area contributed by atoms with E-state index in [1.807, 2.05) is 6.92 Å². The molecule has 170 valence electrons. The summed E-state index contributed by atoms with van der Waals surface area (Å²) in [6, 6.07) is 2.73. The summed E-state index contributed by atoms with van der Waals surface area (Å²) in [5, 5.41) is 4.90. The van der Waals surface area contributed by atoms with Gasteiger partial charge >= 0.3 is 12.4 Å². The van der Waals surface area contributed by atoms with Crippen molar-refractivity contribution in [1.29, 1.82) is 0 Å². The molecule has 0 radical (unpaired) electrons. The molecule has 0 spiro atoms. The Bertz CT molecular complexity index is 707. The minimum Gasteiger partial charge on any atom is -0.484 e. The molecular formula is C18H22F6N2O4. The number of carbonyl (C=O) groups excluding carboxylic acids is 2. The average Bonchev–Trinajstić information content (AvgIpc) is 2.65. The van der Waals surface area contributed by atoms with Crippen LogP contribution >= 0.6 is 0 Å². The van der Waals surface area contributed by atoms with Gasteiger partial charge in [-0.1, -0.05) is 13.3 Å². The van der Waals surface area contributed by atoms with E-state index in [9.17, 15) is 35.9 Å². The van der Waals surface area contributed by atoms with Crippen LogP contribution in [0.5, 0.6) is 11.5 Å². The first-order valence-electron chi connectivity index (χ1n) is 8.99. The van der Waals surface area contributed by atoms with Crippen LogP contribution < -0.4 is 20.1 Å². The first-order chi connectivity index (χ1) is 13.9. The van der Waals surface area contributed by atoms with Crippen LogP contribution in [-0.4, -0.2) is 50.5 Å². The Morgan fingerprint density at radius 1 is 0.933 bits per heavy atom.